The second-order valence-electron chi connectivity index (χ2n) is 7.57. The molecule has 0 radical (unpaired) electrons. The van der Waals surface area contributed by atoms with Gasteiger partial charge in [-0.2, -0.15) is 0 Å². The lowest BCUT2D eigenvalue weighted by Gasteiger charge is -2.30. The van der Waals surface area contributed by atoms with E-state index in [1.807, 2.05) is 11.8 Å². The van der Waals surface area contributed by atoms with Gasteiger partial charge in [0.05, 0.1) is 0 Å². The molecule has 2 aliphatic heterocycles. The quantitative estimate of drug-likeness (QED) is 0.696. The summed E-state index contributed by atoms with van der Waals surface area (Å²) in [6.45, 7) is 4.95. The van der Waals surface area contributed by atoms with Gasteiger partial charge >= 0.3 is 0 Å². The van der Waals surface area contributed by atoms with E-state index in [9.17, 15) is 4.79 Å². The molecule has 3 heteroatoms. The number of carbonyl (C=O) groups is 1. The van der Waals surface area contributed by atoms with Gasteiger partial charge in [0.1, 0.15) is 5.78 Å². The summed E-state index contributed by atoms with van der Waals surface area (Å²) in [5, 5.41) is 0. The number of carbonyl (C=O) groups excluding carboxylic acids is 1. The Morgan fingerprint density at radius 3 is 2.48 bits per heavy atom. The second-order valence-corrected chi connectivity index (χ2v) is 8.58. The van der Waals surface area contributed by atoms with E-state index in [-0.39, 0.29) is 0 Å². The van der Waals surface area contributed by atoms with Crippen LogP contribution in [0.15, 0.2) is 59.0 Å². The molecule has 2 heterocycles. The fraction of sp³-hybridized carbons (Fsp3) is 0.375. The molecule has 0 aliphatic carbocycles. The number of hydrogen-bond donors (Lipinski definition) is 0. The number of nitrogens with zero attached hydrogens (tertiary/aromatic N) is 1. The molecule has 0 unspecified atom stereocenters. The maximum atomic E-state index is 11.2. The maximum Gasteiger partial charge on any atom is 0.129 e. The van der Waals surface area contributed by atoms with Crippen LogP contribution < -0.4 is 0 Å². The Kier molecular flexibility index (Phi) is 5.80. The molecule has 0 aromatic heterocycles. The molecule has 1 fully saturated rings. The van der Waals surface area contributed by atoms with Crippen LogP contribution in [0.4, 0.5) is 0 Å². The standard InChI is InChI=1S/C24H27NOS/c1-18(26)7-6-14-25-15-12-19(13-16-25)24-21-9-3-2-8-20(21)17-27-23-11-5-4-10-22(23)24/h2-5,8-11H,6-7,12-17H2,1H3. The molecule has 0 N–H and O–H groups in total. The molecule has 0 spiro atoms. The zero-order chi connectivity index (χ0) is 18.6. The Balaban J connectivity index is 1.62. The molecule has 2 aromatic rings. The predicted octanol–water partition coefficient (Wildman–Crippen LogP) is 5.56. The van der Waals surface area contributed by atoms with Crippen LogP contribution in [-0.2, 0) is 10.5 Å². The van der Waals surface area contributed by atoms with E-state index in [1.165, 1.54) is 27.2 Å². The number of Topliss-reactive ketones (excluding diaryl/α,β-unsaturated/α-hetero) is 1. The average molecular weight is 378 g/mol. The normalized spacial score (nSPS) is 17.2. The van der Waals surface area contributed by atoms with Crippen molar-refractivity contribution in [3.05, 3.63) is 70.8 Å². The van der Waals surface area contributed by atoms with Crippen molar-refractivity contribution >= 4 is 23.1 Å². The van der Waals surface area contributed by atoms with Gasteiger partial charge in [0.2, 0.25) is 0 Å². The minimum absolute atomic E-state index is 0.305. The first-order valence-corrected chi connectivity index (χ1v) is 11.0. The fourth-order valence-corrected chi connectivity index (χ4v) is 5.28. The number of thioether (sulfide) groups is 1. The van der Waals surface area contributed by atoms with Gasteiger partial charge in [-0.3, -0.25) is 0 Å². The number of fused-ring (bicyclic) bond motifs is 2. The number of ketones is 1. The van der Waals surface area contributed by atoms with E-state index >= 15 is 0 Å². The summed E-state index contributed by atoms with van der Waals surface area (Å²) in [5.74, 6) is 1.35. The van der Waals surface area contributed by atoms with Crippen molar-refractivity contribution in [1.29, 1.82) is 0 Å². The van der Waals surface area contributed by atoms with E-state index in [0.29, 0.717) is 12.2 Å². The smallest absolute Gasteiger partial charge is 0.129 e. The minimum Gasteiger partial charge on any atom is -0.303 e. The Labute approximate surface area is 166 Å². The van der Waals surface area contributed by atoms with Crippen molar-refractivity contribution in [2.45, 2.75) is 43.3 Å². The number of hydrogen-bond acceptors (Lipinski definition) is 3. The summed E-state index contributed by atoms with van der Waals surface area (Å²) in [6.07, 6.45) is 3.96. The molecule has 0 amide bonds. The first kappa shape index (κ1) is 18.5. The Morgan fingerprint density at radius 1 is 1.00 bits per heavy atom. The van der Waals surface area contributed by atoms with Crippen molar-refractivity contribution in [2.75, 3.05) is 19.6 Å². The molecule has 2 aromatic carbocycles. The van der Waals surface area contributed by atoms with Crippen LogP contribution in [0, 0.1) is 0 Å². The van der Waals surface area contributed by atoms with Crippen LogP contribution in [0.1, 0.15) is 49.3 Å². The second kappa shape index (κ2) is 8.45. The van der Waals surface area contributed by atoms with Gasteiger partial charge < -0.3 is 9.69 Å². The number of rotatable bonds is 4. The highest BCUT2D eigenvalue weighted by molar-refractivity contribution is 7.98. The zero-order valence-electron chi connectivity index (χ0n) is 16.0. The van der Waals surface area contributed by atoms with E-state index in [0.717, 1.165) is 44.6 Å². The molecule has 2 nitrogen and oxygen atoms in total. The van der Waals surface area contributed by atoms with E-state index in [2.05, 4.69) is 53.4 Å². The molecular weight excluding hydrogens is 350 g/mol. The molecule has 4 rings (SSSR count). The Hall–Kier alpha value is -1.84. The third-order valence-corrected chi connectivity index (χ3v) is 6.76. The molecule has 140 valence electrons. The first-order valence-electron chi connectivity index (χ1n) is 9.96. The van der Waals surface area contributed by atoms with Gasteiger partial charge in [-0.25, -0.2) is 0 Å². The first-order chi connectivity index (χ1) is 13.2. The average Bonchev–Trinajstić information content (AvgIpc) is 2.85. The fourth-order valence-electron chi connectivity index (χ4n) is 4.22. The Bertz CT molecular complexity index is 811. The van der Waals surface area contributed by atoms with Crippen molar-refractivity contribution in [2.24, 2.45) is 0 Å². The van der Waals surface area contributed by atoms with Crippen LogP contribution in [-0.4, -0.2) is 30.3 Å². The SMILES string of the molecule is CC(=O)CCCN1CCC(=C2c3ccccc3CSc3ccccc32)CC1. The third kappa shape index (κ3) is 4.20. The van der Waals surface area contributed by atoms with Gasteiger partial charge in [0.15, 0.2) is 0 Å². The summed E-state index contributed by atoms with van der Waals surface area (Å²) in [5.41, 5.74) is 7.36. The zero-order valence-corrected chi connectivity index (χ0v) is 16.9. The van der Waals surface area contributed by atoms with Gasteiger partial charge in [-0.15, -0.1) is 11.8 Å². The highest BCUT2D eigenvalue weighted by Crippen LogP contribution is 2.43. The predicted molar refractivity (Wildman–Crippen MR) is 114 cm³/mol. The van der Waals surface area contributed by atoms with Crippen LogP contribution in [0.25, 0.3) is 5.57 Å². The molecular formula is C24H27NOS. The molecule has 2 aliphatic rings. The van der Waals surface area contributed by atoms with Crippen molar-refractivity contribution in [1.82, 2.24) is 4.90 Å². The maximum absolute atomic E-state index is 11.2. The summed E-state index contributed by atoms with van der Waals surface area (Å²) in [4.78, 5) is 15.1. The van der Waals surface area contributed by atoms with Gasteiger partial charge in [0, 0.05) is 30.2 Å². The lowest BCUT2D eigenvalue weighted by molar-refractivity contribution is -0.117. The highest BCUT2D eigenvalue weighted by atomic mass is 32.2. The highest BCUT2D eigenvalue weighted by Gasteiger charge is 2.23. The number of benzene rings is 2. The van der Waals surface area contributed by atoms with Crippen LogP contribution in [0.5, 0.6) is 0 Å². The van der Waals surface area contributed by atoms with Crippen molar-refractivity contribution < 1.29 is 4.79 Å². The van der Waals surface area contributed by atoms with Crippen LogP contribution in [0.2, 0.25) is 0 Å². The number of piperidine rings is 1. The summed E-state index contributed by atoms with van der Waals surface area (Å²) in [6, 6.07) is 17.8. The monoisotopic (exact) mass is 377 g/mol. The van der Waals surface area contributed by atoms with Gasteiger partial charge in [0.25, 0.3) is 0 Å². The largest absolute Gasteiger partial charge is 0.303 e. The van der Waals surface area contributed by atoms with Crippen LogP contribution >= 0.6 is 11.8 Å². The van der Waals surface area contributed by atoms with Crippen molar-refractivity contribution in [3.63, 3.8) is 0 Å². The number of likely N-dealkylation sites (tertiary alicyclic amines) is 1. The summed E-state index contributed by atoms with van der Waals surface area (Å²) >= 11 is 1.96. The minimum atomic E-state index is 0.305. The molecule has 1 saturated heterocycles. The topological polar surface area (TPSA) is 20.3 Å². The lowest BCUT2D eigenvalue weighted by atomic mass is 9.86. The molecule has 0 bridgehead atoms. The Morgan fingerprint density at radius 2 is 1.70 bits per heavy atom. The van der Waals surface area contributed by atoms with E-state index in [1.54, 1.807) is 12.5 Å². The molecule has 0 saturated carbocycles. The summed E-state index contributed by atoms with van der Waals surface area (Å²) in [7, 11) is 0. The molecule has 27 heavy (non-hydrogen) atoms. The molecule has 0 atom stereocenters. The van der Waals surface area contributed by atoms with E-state index < -0.39 is 0 Å². The van der Waals surface area contributed by atoms with Gasteiger partial charge in [-0.1, -0.05) is 48.0 Å². The lowest BCUT2D eigenvalue weighted by Crippen LogP contribution is -2.32. The summed E-state index contributed by atoms with van der Waals surface area (Å²) < 4.78 is 0. The third-order valence-electron chi connectivity index (χ3n) is 5.64. The van der Waals surface area contributed by atoms with Crippen molar-refractivity contribution in [3.8, 4) is 0 Å². The van der Waals surface area contributed by atoms with E-state index in [4.69, 9.17) is 0 Å². The van der Waals surface area contributed by atoms with Gasteiger partial charge in [-0.05, 0) is 61.1 Å². The van der Waals surface area contributed by atoms with Crippen LogP contribution in [0.3, 0.4) is 0 Å².